The molecule has 0 aromatic rings. The number of aliphatic hydroxyl groups excluding tert-OH is 1. The third-order valence-corrected chi connectivity index (χ3v) is 20.4. The van der Waals surface area contributed by atoms with Crippen molar-refractivity contribution in [3.05, 3.63) is 0 Å². The van der Waals surface area contributed by atoms with E-state index >= 15 is 0 Å². The third kappa shape index (κ3) is 72.4. The van der Waals surface area contributed by atoms with Gasteiger partial charge in [0.1, 0.15) is 19.3 Å². The Balaban J connectivity index is 5.27. The predicted molar refractivity (Wildman–Crippen MR) is 400 cm³/mol. The van der Waals surface area contributed by atoms with Crippen LogP contribution in [0.4, 0.5) is 0 Å². The predicted octanol–water partition coefficient (Wildman–Crippen LogP) is 23.5. The smallest absolute Gasteiger partial charge is 0.462 e. The van der Waals surface area contributed by atoms with Gasteiger partial charge in [0.2, 0.25) is 0 Å². The zero-order valence-electron chi connectivity index (χ0n) is 64.1. The Morgan fingerprint density at radius 1 is 0.276 bits per heavy atom. The lowest BCUT2D eigenvalue weighted by Gasteiger charge is -2.21. The number of unbranched alkanes of at least 4 members (excludes halogenated alkanes) is 48. The van der Waals surface area contributed by atoms with Gasteiger partial charge in [-0.25, -0.2) is 9.13 Å². The number of rotatable bonds is 78. The average molecular weight is 1440 g/mol. The highest BCUT2D eigenvalue weighted by molar-refractivity contribution is 7.47. The van der Waals surface area contributed by atoms with Crippen molar-refractivity contribution in [1.82, 2.24) is 0 Å². The van der Waals surface area contributed by atoms with Gasteiger partial charge in [0.05, 0.1) is 26.4 Å². The fourth-order valence-corrected chi connectivity index (χ4v) is 13.8. The van der Waals surface area contributed by atoms with Gasteiger partial charge in [-0.3, -0.25) is 37.3 Å². The molecule has 0 rings (SSSR count). The van der Waals surface area contributed by atoms with Gasteiger partial charge in [-0.05, 0) is 37.5 Å². The highest BCUT2D eigenvalue weighted by Gasteiger charge is 2.30. The van der Waals surface area contributed by atoms with Crippen molar-refractivity contribution in [2.45, 2.75) is 432 Å². The Hall–Kier alpha value is -1.94. The van der Waals surface area contributed by atoms with Gasteiger partial charge >= 0.3 is 39.5 Å². The molecule has 0 aromatic heterocycles. The van der Waals surface area contributed by atoms with Gasteiger partial charge in [0.15, 0.2) is 12.2 Å². The Kier molecular flexibility index (Phi) is 69.3. The second kappa shape index (κ2) is 70.7. The van der Waals surface area contributed by atoms with Crippen molar-refractivity contribution in [2.24, 2.45) is 11.8 Å². The molecule has 0 heterocycles. The van der Waals surface area contributed by atoms with Crippen LogP contribution in [0, 0.1) is 11.8 Å². The summed E-state index contributed by atoms with van der Waals surface area (Å²) in [5, 5.41) is 10.6. The molecule has 2 unspecified atom stereocenters. The largest absolute Gasteiger partial charge is 0.472 e. The second-order valence-electron chi connectivity index (χ2n) is 29.4. The molecular weight excluding hydrogens is 1280 g/mol. The summed E-state index contributed by atoms with van der Waals surface area (Å²) in [5.74, 6) is -0.549. The maximum Gasteiger partial charge on any atom is 0.472 e. The van der Waals surface area contributed by atoms with Crippen molar-refractivity contribution >= 4 is 39.5 Å². The van der Waals surface area contributed by atoms with Crippen molar-refractivity contribution in [3.63, 3.8) is 0 Å². The number of hydrogen-bond acceptors (Lipinski definition) is 15. The number of carbonyl (C=O) groups excluding carboxylic acids is 4. The summed E-state index contributed by atoms with van der Waals surface area (Å²) in [6.45, 7) is 9.65. The van der Waals surface area contributed by atoms with Crippen LogP contribution >= 0.6 is 15.6 Å². The molecule has 0 aliphatic rings. The maximum absolute atomic E-state index is 13.1. The fraction of sp³-hybridized carbons (Fsp3) is 0.949. The summed E-state index contributed by atoms with van der Waals surface area (Å²) in [5.41, 5.74) is 0. The molecule has 0 aliphatic heterocycles. The summed E-state index contributed by atoms with van der Waals surface area (Å²) in [6, 6.07) is 0. The zero-order chi connectivity index (χ0) is 72.1. The normalized spacial score (nSPS) is 13.9. The van der Waals surface area contributed by atoms with Gasteiger partial charge in [0, 0.05) is 25.7 Å². The van der Waals surface area contributed by atoms with Gasteiger partial charge in [0.25, 0.3) is 0 Å². The molecule has 0 aromatic carbocycles. The lowest BCUT2D eigenvalue weighted by molar-refractivity contribution is -0.161. The van der Waals surface area contributed by atoms with Crippen LogP contribution in [0.15, 0.2) is 0 Å². The Morgan fingerprint density at radius 2 is 0.469 bits per heavy atom. The Labute approximate surface area is 600 Å². The molecular formula is C79H154O17P2. The number of hydrogen-bond donors (Lipinski definition) is 3. The van der Waals surface area contributed by atoms with Crippen LogP contribution in [0.5, 0.6) is 0 Å². The Bertz CT molecular complexity index is 1890. The summed E-state index contributed by atoms with van der Waals surface area (Å²) < 4.78 is 68.7. The number of carbonyl (C=O) groups is 4. The lowest BCUT2D eigenvalue weighted by atomic mass is 10.0. The van der Waals surface area contributed by atoms with E-state index in [1.165, 1.54) is 231 Å². The van der Waals surface area contributed by atoms with E-state index in [0.717, 1.165) is 102 Å². The minimum absolute atomic E-state index is 0.107. The fourth-order valence-electron chi connectivity index (χ4n) is 12.2. The van der Waals surface area contributed by atoms with Crippen LogP contribution in [0.25, 0.3) is 0 Å². The number of phosphoric acid groups is 2. The summed E-state index contributed by atoms with van der Waals surface area (Å²) in [7, 11) is -9.92. The summed E-state index contributed by atoms with van der Waals surface area (Å²) in [4.78, 5) is 73.0. The van der Waals surface area contributed by atoms with E-state index in [1.807, 2.05) is 0 Å². The van der Waals surface area contributed by atoms with Crippen LogP contribution in [0.1, 0.15) is 414 Å². The molecule has 0 saturated carbocycles. The van der Waals surface area contributed by atoms with Crippen LogP contribution in [0.2, 0.25) is 0 Å². The van der Waals surface area contributed by atoms with E-state index < -0.39 is 97.5 Å². The molecule has 0 amide bonds. The monoisotopic (exact) mass is 1440 g/mol. The highest BCUT2D eigenvalue weighted by Crippen LogP contribution is 2.45. The summed E-state index contributed by atoms with van der Waals surface area (Å²) in [6.07, 6.45) is 59.4. The quantitative estimate of drug-likeness (QED) is 0.0222. The van der Waals surface area contributed by atoms with E-state index in [4.69, 9.17) is 37.0 Å². The van der Waals surface area contributed by atoms with Gasteiger partial charge in [-0.15, -0.1) is 0 Å². The van der Waals surface area contributed by atoms with Gasteiger partial charge in [-0.1, -0.05) is 363 Å². The minimum Gasteiger partial charge on any atom is -0.462 e. The second-order valence-corrected chi connectivity index (χ2v) is 32.3. The molecule has 582 valence electrons. The number of ether oxygens (including phenoxy) is 4. The van der Waals surface area contributed by atoms with Crippen LogP contribution < -0.4 is 0 Å². The van der Waals surface area contributed by atoms with Crippen LogP contribution in [-0.4, -0.2) is 96.7 Å². The first kappa shape index (κ1) is 96.1. The van der Waals surface area contributed by atoms with Crippen molar-refractivity contribution in [3.8, 4) is 0 Å². The first-order chi connectivity index (χ1) is 47.4. The van der Waals surface area contributed by atoms with Gasteiger partial charge < -0.3 is 33.8 Å². The summed E-state index contributed by atoms with van der Waals surface area (Å²) >= 11 is 0. The SMILES string of the molecule is CCCCCCCCCCCCCCCCCCC(=O)O[C@H](COC(=O)CCCCCCCCCCCCCCC(C)C)COP(=O)(O)OC[C@@H](O)COP(=O)(O)OC[C@@H](COC(=O)CCCCCCCCCCCCCC)OC(=O)CCCCCCCCCCCCCCC(C)C. The van der Waals surface area contributed by atoms with Crippen molar-refractivity contribution in [2.75, 3.05) is 39.6 Å². The van der Waals surface area contributed by atoms with Crippen LogP contribution in [-0.2, 0) is 65.4 Å². The molecule has 0 bridgehead atoms. The number of esters is 4. The van der Waals surface area contributed by atoms with Gasteiger partial charge in [-0.2, -0.15) is 0 Å². The van der Waals surface area contributed by atoms with Crippen molar-refractivity contribution in [1.29, 1.82) is 0 Å². The first-order valence-electron chi connectivity index (χ1n) is 41.0. The van der Waals surface area contributed by atoms with E-state index in [0.29, 0.717) is 25.7 Å². The number of aliphatic hydroxyl groups is 1. The lowest BCUT2D eigenvalue weighted by Crippen LogP contribution is -2.30. The van der Waals surface area contributed by atoms with Crippen molar-refractivity contribution < 1.29 is 80.2 Å². The Morgan fingerprint density at radius 3 is 0.694 bits per heavy atom. The van der Waals surface area contributed by atoms with E-state index in [9.17, 15) is 43.2 Å². The molecule has 0 spiro atoms. The minimum atomic E-state index is -4.96. The number of phosphoric ester groups is 2. The maximum atomic E-state index is 13.1. The molecule has 17 nitrogen and oxygen atoms in total. The molecule has 98 heavy (non-hydrogen) atoms. The molecule has 0 aliphatic carbocycles. The van der Waals surface area contributed by atoms with E-state index in [-0.39, 0.29) is 25.7 Å². The molecule has 0 radical (unpaired) electrons. The topological polar surface area (TPSA) is 237 Å². The van der Waals surface area contributed by atoms with E-state index in [1.54, 1.807) is 0 Å². The zero-order valence-corrected chi connectivity index (χ0v) is 65.9. The van der Waals surface area contributed by atoms with Crippen LogP contribution in [0.3, 0.4) is 0 Å². The first-order valence-corrected chi connectivity index (χ1v) is 44.0. The highest BCUT2D eigenvalue weighted by atomic mass is 31.2. The van der Waals surface area contributed by atoms with E-state index in [2.05, 4.69) is 41.5 Å². The molecule has 0 fully saturated rings. The molecule has 3 N–H and O–H groups in total. The standard InChI is InChI=1S/C79H154O17P2/c1-7-9-11-13-15-17-19-21-22-23-24-33-39-45-51-57-63-78(83)95-75(68-90-77(82)62-56-50-44-38-32-27-25-29-35-41-47-53-59-71(3)4)70-94-98(87,88)92-66-73(80)65-91-97(85,86)93-69-74(67-89-76(81)61-55-49-43-37-31-20-18-16-14-12-10-8-2)96-79(84)64-58-52-46-40-34-28-26-30-36-42-48-54-60-72(5)6/h71-75,80H,7-70H2,1-6H3,(H,85,86)(H,87,88)/t73-,74+,75+/m0/s1. The molecule has 0 saturated heterocycles. The third-order valence-electron chi connectivity index (χ3n) is 18.5. The average Bonchev–Trinajstić information content (AvgIpc) is 1.11. The molecule has 19 heteroatoms. The molecule has 5 atom stereocenters.